The molecule has 0 unspecified atom stereocenters. The summed E-state index contributed by atoms with van der Waals surface area (Å²) >= 11 is 1.36. The molecular weight excluding hydrogens is 455 g/mol. The summed E-state index contributed by atoms with van der Waals surface area (Å²) in [6.07, 6.45) is 1.45. The zero-order chi connectivity index (χ0) is 23.4. The van der Waals surface area contributed by atoms with Gasteiger partial charge in [0.2, 0.25) is 0 Å². The number of hydrogen-bond donors (Lipinski definition) is 2. The van der Waals surface area contributed by atoms with Crippen LogP contribution in [0.25, 0.3) is 21.3 Å². The van der Waals surface area contributed by atoms with Crippen molar-refractivity contribution in [2.75, 3.05) is 11.9 Å². The Bertz CT molecular complexity index is 1300. The third-order valence-corrected chi connectivity index (χ3v) is 5.81. The van der Waals surface area contributed by atoms with Gasteiger partial charge in [0, 0.05) is 23.7 Å². The fraction of sp³-hybridized carbons (Fsp3) is 0.174. The first kappa shape index (κ1) is 22.5. The SMILES string of the molecule is O=C(O)Cc1ccc(-c2cc(NCCc3cc(F)c4sccc4c3)ncn2)cc1OC(F)F. The zero-order valence-corrected chi connectivity index (χ0v) is 17.9. The molecule has 0 radical (unpaired) electrons. The van der Waals surface area contributed by atoms with Crippen molar-refractivity contribution in [3.8, 4) is 17.0 Å². The van der Waals surface area contributed by atoms with Gasteiger partial charge in [0.25, 0.3) is 0 Å². The number of nitrogens with zero attached hydrogens (tertiary/aromatic N) is 2. The van der Waals surface area contributed by atoms with Crippen LogP contribution in [-0.4, -0.2) is 34.2 Å². The van der Waals surface area contributed by atoms with Gasteiger partial charge < -0.3 is 15.2 Å². The Balaban J connectivity index is 1.48. The number of carboxylic acid groups (broad SMARTS) is 1. The predicted molar refractivity (Wildman–Crippen MR) is 119 cm³/mol. The maximum Gasteiger partial charge on any atom is 0.387 e. The molecule has 170 valence electrons. The number of thiophene rings is 1. The van der Waals surface area contributed by atoms with Crippen LogP contribution in [0.15, 0.2) is 54.2 Å². The Hall–Kier alpha value is -3.66. The number of aliphatic carboxylic acids is 1. The second-order valence-corrected chi connectivity index (χ2v) is 8.07. The molecule has 2 aromatic heterocycles. The van der Waals surface area contributed by atoms with Crippen LogP contribution >= 0.6 is 11.3 Å². The molecule has 2 N–H and O–H groups in total. The van der Waals surface area contributed by atoms with Crippen molar-refractivity contribution in [1.29, 1.82) is 0 Å². The van der Waals surface area contributed by atoms with Gasteiger partial charge in [-0.3, -0.25) is 4.79 Å². The van der Waals surface area contributed by atoms with Crippen LogP contribution in [0.2, 0.25) is 0 Å². The average molecular weight is 473 g/mol. The first-order valence-corrected chi connectivity index (χ1v) is 10.8. The molecule has 2 aromatic carbocycles. The molecule has 0 bridgehead atoms. The summed E-state index contributed by atoms with van der Waals surface area (Å²) in [5, 5.41) is 14.8. The fourth-order valence-corrected chi connectivity index (χ4v) is 4.20. The molecule has 0 atom stereocenters. The molecule has 10 heteroatoms. The van der Waals surface area contributed by atoms with Crippen LogP contribution in [0.5, 0.6) is 5.75 Å². The van der Waals surface area contributed by atoms with Gasteiger partial charge in [-0.15, -0.1) is 11.3 Å². The molecule has 2 heterocycles. The molecule has 0 fully saturated rings. The lowest BCUT2D eigenvalue weighted by Crippen LogP contribution is -2.08. The van der Waals surface area contributed by atoms with Gasteiger partial charge in [-0.25, -0.2) is 14.4 Å². The molecule has 0 aliphatic carbocycles. The number of ether oxygens (including phenoxy) is 1. The average Bonchev–Trinajstić information content (AvgIpc) is 3.24. The van der Waals surface area contributed by atoms with Crippen LogP contribution in [-0.2, 0) is 17.6 Å². The number of rotatable bonds is 9. The molecule has 4 aromatic rings. The number of alkyl halides is 2. The number of benzene rings is 2. The number of carbonyl (C=O) groups is 1. The quantitative estimate of drug-likeness (QED) is 0.340. The summed E-state index contributed by atoms with van der Waals surface area (Å²) in [7, 11) is 0. The van der Waals surface area contributed by atoms with E-state index in [0.717, 1.165) is 10.9 Å². The van der Waals surface area contributed by atoms with E-state index in [9.17, 15) is 18.0 Å². The highest BCUT2D eigenvalue weighted by Crippen LogP contribution is 2.29. The van der Waals surface area contributed by atoms with E-state index in [1.54, 1.807) is 12.1 Å². The Morgan fingerprint density at radius 2 is 2.00 bits per heavy atom. The molecule has 0 aliphatic heterocycles. The van der Waals surface area contributed by atoms with Gasteiger partial charge in [-0.1, -0.05) is 18.2 Å². The minimum atomic E-state index is -3.09. The lowest BCUT2D eigenvalue weighted by Gasteiger charge is -2.12. The largest absolute Gasteiger partial charge is 0.481 e. The highest BCUT2D eigenvalue weighted by molar-refractivity contribution is 7.17. The van der Waals surface area contributed by atoms with Crippen molar-refractivity contribution in [3.05, 3.63) is 71.1 Å². The zero-order valence-electron chi connectivity index (χ0n) is 17.1. The van der Waals surface area contributed by atoms with Gasteiger partial charge in [-0.05, 0) is 40.9 Å². The Kier molecular flexibility index (Phi) is 6.74. The summed E-state index contributed by atoms with van der Waals surface area (Å²) in [6, 6.07) is 11.3. The topological polar surface area (TPSA) is 84.3 Å². The van der Waals surface area contributed by atoms with Gasteiger partial charge in [0.15, 0.2) is 0 Å². The van der Waals surface area contributed by atoms with E-state index in [-0.39, 0.29) is 17.1 Å². The van der Waals surface area contributed by atoms with E-state index in [1.165, 1.54) is 35.9 Å². The van der Waals surface area contributed by atoms with Gasteiger partial charge in [0.1, 0.15) is 23.7 Å². The summed E-state index contributed by atoms with van der Waals surface area (Å²) in [5.41, 5.74) is 1.89. The lowest BCUT2D eigenvalue weighted by atomic mass is 10.1. The first-order chi connectivity index (χ1) is 15.9. The van der Waals surface area contributed by atoms with Crippen molar-refractivity contribution in [1.82, 2.24) is 9.97 Å². The van der Waals surface area contributed by atoms with E-state index in [0.29, 0.717) is 34.7 Å². The van der Waals surface area contributed by atoms with Crippen LogP contribution < -0.4 is 10.1 Å². The first-order valence-electron chi connectivity index (χ1n) is 9.90. The highest BCUT2D eigenvalue weighted by atomic mass is 32.1. The summed E-state index contributed by atoms with van der Waals surface area (Å²) in [5.74, 6) is -1.12. The third-order valence-electron chi connectivity index (χ3n) is 4.87. The molecule has 0 saturated carbocycles. The van der Waals surface area contributed by atoms with Crippen LogP contribution in [0, 0.1) is 5.82 Å². The molecule has 6 nitrogen and oxygen atoms in total. The minimum Gasteiger partial charge on any atom is -0.481 e. The fourth-order valence-electron chi connectivity index (χ4n) is 3.42. The van der Waals surface area contributed by atoms with E-state index in [4.69, 9.17) is 5.11 Å². The third kappa shape index (κ3) is 5.58. The molecule has 0 aliphatic rings. The van der Waals surface area contributed by atoms with E-state index >= 15 is 0 Å². The smallest absolute Gasteiger partial charge is 0.387 e. The maximum absolute atomic E-state index is 14.2. The van der Waals surface area contributed by atoms with E-state index in [2.05, 4.69) is 20.0 Å². The molecular formula is C23H18F3N3O3S. The number of fused-ring (bicyclic) bond motifs is 1. The molecule has 0 saturated heterocycles. The number of hydrogen-bond acceptors (Lipinski definition) is 6. The van der Waals surface area contributed by atoms with Crippen LogP contribution in [0.1, 0.15) is 11.1 Å². The minimum absolute atomic E-state index is 0.133. The molecule has 33 heavy (non-hydrogen) atoms. The second-order valence-electron chi connectivity index (χ2n) is 7.15. The van der Waals surface area contributed by atoms with Gasteiger partial charge >= 0.3 is 12.6 Å². The monoisotopic (exact) mass is 473 g/mol. The van der Waals surface area contributed by atoms with Crippen LogP contribution in [0.4, 0.5) is 19.0 Å². The Morgan fingerprint density at radius 3 is 2.79 bits per heavy atom. The molecule has 0 spiro atoms. The normalized spacial score (nSPS) is 11.2. The van der Waals surface area contributed by atoms with Gasteiger partial charge in [0.05, 0.1) is 16.8 Å². The van der Waals surface area contributed by atoms with E-state index in [1.807, 2.05) is 17.5 Å². The van der Waals surface area contributed by atoms with E-state index < -0.39 is 19.0 Å². The Labute approximate surface area is 190 Å². The number of aromatic nitrogens is 2. The number of halogens is 3. The van der Waals surface area contributed by atoms with Crippen LogP contribution in [0.3, 0.4) is 0 Å². The number of nitrogens with one attached hydrogen (secondary N) is 1. The van der Waals surface area contributed by atoms with Crippen molar-refractivity contribution >= 4 is 33.2 Å². The number of anilines is 1. The molecule has 0 amide bonds. The second kappa shape index (κ2) is 9.86. The maximum atomic E-state index is 14.2. The summed E-state index contributed by atoms with van der Waals surface area (Å²) in [6.45, 7) is -2.60. The summed E-state index contributed by atoms with van der Waals surface area (Å²) < 4.78 is 44.9. The van der Waals surface area contributed by atoms with Gasteiger partial charge in [-0.2, -0.15) is 8.78 Å². The summed E-state index contributed by atoms with van der Waals surface area (Å²) in [4.78, 5) is 19.3. The van der Waals surface area contributed by atoms with Crippen molar-refractivity contribution in [2.24, 2.45) is 0 Å². The highest BCUT2D eigenvalue weighted by Gasteiger charge is 2.15. The van der Waals surface area contributed by atoms with Crippen molar-refractivity contribution < 1.29 is 27.8 Å². The molecule has 4 rings (SSSR count). The standard InChI is InChI=1S/C23H18F3N3O3S/c24-17-8-13(7-16-4-6-33-22(16)17)3-5-27-20-11-18(28-12-29-20)14-1-2-15(10-21(30)31)19(9-14)32-23(25)26/h1-2,4,6-9,11-12,23H,3,5,10H2,(H,30,31)(H,27,28,29). The number of carboxylic acids is 1. The lowest BCUT2D eigenvalue weighted by molar-refractivity contribution is -0.136. The Morgan fingerprint density at radius 1 is 1.15 bits per heavy atom. The van der Waals surface area contributed by atoms with Crippen molar-refractivity contribution in [3.63, 3.8) is 0 Å². The predicted octanol–water partition coefficient (Wildman–Crippen LogP) is 5.38. The van der Waals surface area contributed by atoms with Crippen molar-refractivity contribution in [2.45, 2.75) is 19.5 Å².